The Kier molecular flexibility index (Phi) is 4.08. The number of hydrogen-bond acceptors (Lipinski definition) is 2. The van der Waals surface area contributed by atoms with E-state index in [1.54, 1.807) is 0 Å². The molecule has 0 aromatic rings. The summed E-state index contributed by atoms with van der Waals surface area (Å²) in [6.07, 6.45) is 5.82. The first kappa shape index (κ1) is 12.9. The second-order valence-electron chi connectivity index (χ2n) is 6.14. The summed E-state index contributed by atoms with van der Waals surface area (Å²) in [5, 5.41) is 9.15. The van der Waals surface area contributed by atoms with Crippen molar-refractivity contribution in [1.82, 2.24) is 4.90 Å². The molecule has 1 saturated heterocycles. The Morgan fingerprint density at radius 1 is 1.24 bits per heavy atom. The molecule has 1 heterocycles. The van der Waals surface area contributed by atoms with Crippen LogP contribution in [-0.2, 0) is 4.79 Å². The van der Waals surface area contributed by atoms with Gasteiger partial charge in [-0.05, 0) is 44.1 Å². The van der Waals surface area contributed by atoms with Crippen molar-refractivity contribution in [2.75, 3.05) is 13.1 Å². The number of nitrogens with zero attached hydrogens (tertiary/aromatic N) is 1. The number of carboxylic acid groups (broad SMARTS) is 1. The summed E-state index contributed by atoms with van der Waals surface area (Å²) in [7, 11) is 0. The van der Waals surface area contributed by atoms with Gasteiger partial charge in [-0.25, -0.2) is 0 Å². The Bertz CT molecular complexity index is 279. The highest BCUT2D eigenvalue weighted by Crippen LogP contribution is 2.34. The highest BCUT2D eigenvalue weighted by molar-refractivity contribution is 5.70. The third-order valence-electron chi connectivity index (χ3n) is 4.69. The van der Waals surface area contributed by atoms with Crippen LogP contribution in [0.2, 0.25) is 0 Å². The molecule has 1 aliphatic heterocycles. The summed E-state index contributed by atoms with van der Waals surface area (Å²) in [5.74, 6) is 0.805. The van der Waals surface area contributed by atoms with Gasteiger partial charge in [-0.2, -0.15) is 0 Å². The molecule has 98 valence electrons. The van der Waals surface area contributed by atoms with Gasteiger partial charge in [-0.15, -0.1) is 0 Å². The molecule has 4 atom stereocenters. The molecule has 0 bridgehead atoms. The van der Waals surface area contributed by atoms with Gasteiger partial charge in [-0.1, -0.05) is 20.3 Å². The smallest absolute Gasteiger partial charge is 0.307 e. The average molecular weight is 239 g/mol. The van der Waals surface area contributed by atoms with Crippen molar-refractivity contribution in [3.05, 3.63) is 0 Å². The van der Waals surface area contributed by atoms with E-state index >= 15 is 0 Å². The topological polar surface area (TPSA) is 40.5 Å². The molecule has 0 aromatic heterocycles. The molecule has 0 spiro atoms. The third-order valence-corrected chi connectivity index (χ3v) is 4.69. The number of rotatable bonds is 2. The predicted molar refractivity (Wildman–Crippen MR) is 67.9 cm³/mol. The van der Waals surface area contributed by atoms with Crippen molar-refractivity contribution in [3.63, 3.8) is 0 Å². The fraction of sp³-hybridized carbons (Fsp3) is 0.929. The molecule has 4 unspecified atom stereocenters. The fourth-order valence-electron chi connectivity index (χ4n) is 3.52. The van der Waals surface area contributed by atoms with E-state index in [1.165, 1.54) is 19.3 Å². The molecule has 3 heteroatoms. The second kappa shape index (κ2) is 5.38. The van der Waals surface area contributed by atoms with Gasteiger partial charge in [0.2, 0.25) is 0 Å². The van der Waals surface area contributed by atoms with Crippen LogP contribution in [0.4, 0.5) is 0 Å². The molecular weight excluding hydrogens is 214 g/mol. The number of piperidine rings is 1. The van der Waals surface area contributed by atoms with Crippen LogP contribution in [0, 0.1) is 17.8 Å². The maximum atomic E-state index is 11.1. The highest BCUT2D eigenvalue weighted by atomic mass is 16.4. The summed E-state index contributed by atoms with van der Waals surface area (Å²) in [6.45, 7) is 6.54. The second-order valence-corrected chi connectivity index (χ2v) is 6.14. The monoisotopic (exact) mass is 239 g/mol. The zero-order valence-corrected chi connectivity index (χ0v) is 11.1. The Morgan fingerprint density at radius 3 is 2.71 bits per heavy atom. The van der Waals surface area contributed by atoms with E-state index in [0.29, 0.717) is 6.04 Å². The average Bonchev–Trinajstić information content (AvgIpc) is 2.32. The Balaban J connectivity index is 1.98. The highest BCUT2D eigenvalue weighted by Gasteiger charge is 2.34. The number of likely N-dealkylation sites (tertiary alicyclic amines) is 1. The van der Waals surface area contributed by atoms with E-state index in [2.05, 4.69) is 18.7 Å². The van der Waals surface area contributed by atoms with Crippen LogP contribution in [0.1, 0.15) is 46.0 Å². The molecule has 2 aliphatic rings. The molecule has 1 N–H and O–H groups in total. The summed E-state index contributed by atoms with van der Waals surface area (Å²) in [6, 6.07) is 0.626. The first-order valence-electron chi connectivity index (χ1n) is 7.04. The number of aliphatic carboxylic acids is 1. The van der Waals surface area contributed by atoms with E-state index < -0.39 is 5.97 Å². The molecule has 2 fully saturated rings. The number of hydrogen-bond donors (Lipinski definition) is 1. The van der Waals surface area contributed by atoms with Gasteiger partial charge < -0.3 is 5.11 Å². The Hall–Kier alpha value is -0.570. The summed E-state index contributed by atoms with van der Waals surface area (Å²) < 4.78 is 0. The number of carboxylic acids is 1. The van der Waals surface area contributed by atoms with Crippen molar-refractivity contribution in [2.45, 2.75) is 52.0 Å². The molecule has 0 radical (unpaired) electrons. The third kappa shape index (κ3) is 3.01. The Labute approximate surface area is 104 Å². The van der Waals surface area contributed by atoms with Gasteiger partial charge in [0.05, 0.1) is 5.92 Å². The summed E-state index contributed by atoms with van der Waals surface area (Å²) in [4.78, 5) is 13.6. The summed E-state index contributed by atoms with van der Waals surface area (Å²) in [5.41, 5.74) is 0. The lowest BCUT2D eigenvalue weighted by Gasteiger charge is -2.43. The lowest BCUT2D eigenvalue weighted by atomic mass is 9.78. The minimum Gasteiger partial charge on any atom is -0.481 e. The van der Waals surface area contributed by atoms with E-state index in [0.717, 1.165) is 37.8 Å². The van der Waals surface area contributed by atoms with Crippen molar-refractivity contribution in [2.24, 2.45) is 17.8 Å². The van der Waals surface area contributed by atoms with Gasteiger partial charge in [0.1, 0.15) is 0 Å². The molecule has 1 aliphatic carbocycles. The maximum absolute atomic E-state index is 11.1. The standard InChI is InChI=1S/C14H25NO2/c1-10-5-6-11(2)13(8-10)15-7-3-4-12(9-15)14(16)17/h10-13H,3-9H2,1-2H3,(H,16,17). The van der Waals surface area contributed by atoms with E-state index in [1.807, 2.05) is 0 Å². The molecule has 2 rings (SSSR count). The lowest BCUT2D eigenvalue weighted by molar-refractivity contribution is -0.144. The molecule has 3 nitrogen and oxygen atoms in total. The van der Waals surface area contributed by atoms with Crippen LogP contribution < -0.4 is 0 Å². The quantitative estimate of drug-likeness (QED) is 0.805. The van der Waals surface area contributed by atoms with Gasteiger partial charge in [0, 0.05) is 12.6 Å². The van der Waals surface area contributed by atoms with Gasteiger partial charge in [0.15, 0.2) is 0 Å². The number of carbonyl (C=O) groups is 1. The van der Waals surface area contributed by atoms with Gasteiger partial charge in [0.25, 0.3) is 0 Å². The zero-order chi connectivity index (χ0) is 12.4. The zero-order valence-electron chi connectivity index (χ0n) is 11.1. The van der Waals surface area contributed by atoms with E-state index in [4.69, 9.17) is 5.11 Å². The molecule has 17 heavy (non-hydrogen) atoms. The van der Waals surface area contributed by atoms with Crippen LogP contribution in [0.3, 0.4) is 0 Å². The van der Waals surface area contributed by atoms with Crippen LogP contribution in [0.15, 0.2) is 0 Å². The van der Waals surface area contributed by atoms with Crippen LogP contribution in [-0.4, -0.2) is 35.1 Å². The maximum Gasteiger partial charge on any atom is 0.307 e. The van der Waals surface area contributed by atoms with Crippen molar-refractivity contribution in [1.29, 1.82) is 0 Å². The van der Waals surface area contributed by atoms with Gasteiger partial charge >= 0.3 is 5.97 Å². The minimum atomic E-state index is -0.605. The molecular formula is C14H25NO2. The molecule has 0 amide bonds. The van der Waals surface area contributed by atoms with Crippen molar-refractivity contribution >= 4 is 5.97 Å². The van der Waals surface area contributed by atoms with Crippen LogP contribution in [0.5, 0.6) is 0 Å². The molecule has 1 saturated carbocycles. The predicted octanol–water partition coefficient (Wildman–Crippen LogP) is 2.61. The molecule has 0 aromatic carbocycles. The first-order valence-corrected chi connectivity index (χ1v) is 7.04. The largest absolute Gasteiger partial charge is 0.481 e. The van der Waals surface area contributed by atoms with Crippen LogP contribution in [0.25, 0.3) is 0 Å². The fourth-order valence-corrected chi connectivity index (χ4v) is 3.52. The van der Waals surface area contributed by atoms with Gasteiger partial charge in [-0.3, -0.25) is 9.69 Å². The van der Waals surface area contributed by atoms with Crippen molar-refractivity contribution < 1.29 is 9.90 Å². The Morgan fingerprint density at radius 2 is 2.00 bits per heavy atom. The SMILES string of the molecule is CC1CCC(C)C(N2CCCC(C(=O)O)C2)C1. The van der Waals surface area contributed by atoms with E-state index in [-0.39, 0.29) is 5.92 Å². The normalized spacial score (nSPS) is 40.1. The van der Waals surface area contributed by atoms with Crippen LogP contribution >= 0.6 is 0 Å². The minimum absolute atomic E-state index is 0.131. The summed E-state index contributed by atoms with van der Waals surface area (Å²) >= 11 is 0. The van der Waals surface area contributed by atoms with E-state index in [9.17, 15) is 4.79 Å². The van der Waals surface area contributed by atoms with Crippen molar-refractivity contribution in [3.8, 4) is 0 Å². The first-order chi connectivity index (χ1) is 8.08. The lowest BCUT2D eigenvalue weighted by Crippen LogP contribution is -2.49.